The number of aryl methyl sites for hydroxylation is 2. The standard InChI is InChI=1S/C12H14FN3O.C8H7FN2O.CH4.2ClH.I3/c1-8-9-6-11(16-4-2-14-3-5-16)10(13)7-12(9)17-15-8;1-4-5-2-7(10)6(9)3-8(5)12-11-4;;;;1-3-2/h6-7,14H,2-5H2,1H3;2-3H,10H2,1H3;1H4;2*1H;/q;;;;;-1. The van der Waals surface area contributed by atoms with E-state index in [1.165, 1.54) is 18.2 Å². The Morgan fingerprint density at radius 2 is 1.37 bits per heavy atom. The number of anilines is 2. The van der Waals surface area contributed by atoms with Gasteiger partial charge in [0.05, 0.1) is 22.8 Å². The van der Waals surface area contributed by atoms with Gasteiger partial charge in [-0.1, -0.05) is 17.7 Å². The second kappa shape index (κ2) is 16.4. The Labute approximate surface area is 245 Å². The van der Waals surface area contributed by atoms with Crippen LogP contribution in [0.5, 0.6) is 0 Å². The number of benzene rings is 2. The van der Waals surface area contributed by atoms with Crippen LogP contribution in [0.15, 0.2) is 33.3 Å². The van der Waals surface area contributed by atoms with Gasteiger partial charge in [-0.2, -0.15) is 0 Å². The van der Waals surface area contributed by atoms with Gasteiger partial charge in [-0.05, 0) is 26.0 Å². The second-order valence-corrected chi connectivity index (χ2v) is 23.2. The summed E-state index contributed by atoms with van der Waals surface area (Å²) in [6.07, 6.45) is 0. The van der Waals surface area contributed by atoms with E-state index in [1.54, 1.807) is 6.92 Å². The van der Waals surface area contributed by atoms with Gasteiger partial charge >= 0.3 is 50.5 Å². The van der Waals surface area contributed by atoms with Crippen LogP contribution in [0.2, 0.25) is 0 Å². The number of piperazine rings is 1. The second-order valence-electron chi connectivity index (χ2n) is 7.00. The molecule has 0 unspecified atom stereocenters. The van der Waals surface area contributed by atoms with Crippen molar-refractivity contribution >= 4 is 95.4 Å². The van der Waals surface area contributed by atoms with E-state index in [-0.39, 0.29) is 43.7 Å². The Morgan fingerprint density at radius 1 is 0.914 bits per heavy atom. The van der Waals surface area contributed by atoms with Gasteiger partial charge in [-0.15, -0.1) is 24.8 Å². The van der Waals surface area contributed by atoms with Crippen LogP contribution in [-0.2, 0) is 0 Å². The molecule has 14 heteroatoms. The number of hydrogen-bond donors (Lipinski definition) is 2. The monoisotopic (exact) mass is 870 g/mol. The molecule has 35 heavy (non-hydrogen) atoms. The van der Waals surface area contributed by atoms with Crippen LogP contribution in [0.1, 0.15) is 18.8 Å². The summed E-state index contributed by atoms with van der Waals surface area (Å²) in [6, 6.07) is 6.02. The molecule has 198 valence electrons. The SMILES string of the molecule is C.Cc1noc2cc(F)c(N)cc12.Cc1noc2cc(F)c(N3CCNCC3)cc12.Cl.Cl.I[I-]I. The third kappa shape index (κ3) is 8.83. The number of rotatable bonds is 1. The molecule has 5 rings (SSSR count). The van der Waals surface area contributed by atoms with Crippen molar-refractivity contribution in [3.63, 3.8) is 0 Å². The first-order chi connectivity index (χ1) is 15.3. The van der Waals surface area contributed by atoms with Gasteiger partial charge in [0.15, 0.2) is 11.2 Å². The molecular weight excluding hydrogens is 844 g/mol. The number of nitrogens with one attached hydrogen (secondary N) is 1. The van der Waals surface area contributed by atoms with E-state index in [2.05, 4.69) is 57.8 Å². The Morgan fingerprint density at radius 3 is 1.89 bits per heavy atom. The molecule has 0 aliphatic carbocycles. The van der Waals surface area contributed by atoms with Crippen LogP contribution in [0.25, 0.3) is 21.9 Å². The van der Waals surface area contributed by atoms with Crippen LogP contribution in [0.3, 0.4) is 0 Å². The molecule has 1 aliphatic rings. The summed E-state index contributed by atoms with van der Waals surface area (Å²) in [5.74, 6) is -0.714. The van der Waals surface area contributed by atoms with E-state index in [4.69, 9.17) is 14.8 Å². The summed E-state index contributed by atoms with van der Waals surface area (Å²) in [4.78, 5) is 2.05. The fraction of sp³-hybridized carbons (Fsp3) is 0.333. The summed E-state index contributed by atoms with van der Waals surface area (Å²) in [6.45, 7) is 7.08. The molecule has 0 bridgehead atoms. The Kier molecular flexibility index (Phi) is 16.2. The van der Waals surface area contributed by atoms with Crippen molar-refractivity contribution in [1.29, 1.82) is 0 Å². The normalized spacial score (nSPS) is 12.5. The molecule has 0 radical (unpaired) electrons. The molecular formula is C21H27Cl2F2I3N5O2-. The zero-order valence-corrected chi connectivity index (χ0v) is 26.2. The van der Waals surface area contributed by atoms with Gasteiger partial charge < -0.3 is 25.0 Å². The first kappa shape index (κ1) is 34.6. The van der Waals surface area contributed by atoms with Crippen LogP contribution >= 0.6 is 62.0 Å². The van der Waals surface area contributed by atoms with Gasteiger partial charge in [-0.3, -0.25) is 0 Å². The molecule has 2 aromatic carbocycles. The maximum atomic E-state index is 14.0. The number of hydrogen-bond acceptors (Lipinski definition) is 7. The molecule has 0 amide bonds. The summed E-state index contributed by atoms with van der Waals surface area (Å²) >= 11 is 5.30. The zero-order chi connectivity index (χ0) is 23.3. The van der Waals surface area contributed by atoms with E-state index < -0.39 is 5.82 Å². The molecule has 7 nitrogen and oxygen atoms in total. The van der Waals surface area contributed by atoms with Gasteiger partial charge in [-0.25, -0.2) is 8.78 Å². The molecule has 0 saturated carbocycles. The number of nitrogens with two attached hydrogens (primary N) is 1. The topological polar surface area (TPSA) is 93.3 Å². The summed E-state index contributed by atoms with van der Waals surface area (Å²) in [5, 5.41) is 12.4. The molecule has 3 N–H and O–H groups in total. The van der Waals surface area contributed by atoms with Gasteiger partial charge in [0.2, 0.25) is 0 Å². The van der Waals surface area contributed by atoms with Gasteiger partial charge in [0.25, 0.3) is 0 Å². The quantitative estimate of drug-likeness (QED) is 0.223. The Balaban J connectivity index is 0.000000572. The predicted octanol–water partition coefficient (Wildman–Crippen LogP) is 3.80. The summed E-state index contributed by atoms with van der Waals surface area (Å²) < 4.78 is 36.7. The number of aromatic nitrogens is 2. The minimum absolute atomic E-state index is 0. The number of fused-ring (bicyclic) bond motifs is 2. The average Bonchev–Trinajstić information content (AvgIpc) is 3.32. The molecule has 2 aromatic heterocycles. The summed E-state index contributed by atoms with van der Waals surface area (Å²) in [5.41, 5.74) is 8.60. The van der Waals surface area contributed by atoms with Crippen LogP contribution in [-0.4, -0.2) is 36.5 Å². The Hall–Kier alpha value is -0.430. The van der Waals surface area contributed by atoms with Crippen molar-refractivity contribution in [3.8, 4) is 0 Å². The van der Waals surface area contributed by atoms with Crippen molar-refractivity contribution in [2.75, 3.05) is 36.8 Å². The minimum atomic E-state index is -0.473. The van der Waals surface area contributed by atoms with Crippen molar-refractivity contribution in [1.82, 2.24) is 15.6 Å². The Bertz CT molecular complexity index is 1210. The van der Waals surface area contributed by atoms with Crippen LogP contribution < -0.4 is 29.2 Å². The third-order valence-electron chi connectivity index (χ3n) is 4.95. The molecule has 1 fully saturated rings. The van der Waals surface area contributed by atoms with E-state index in [0.29, 0.717) is 30.1 Å². The predicted molar refractivity (Wildman–Crippen MR) is 156 cm³/mol. The molecule has 1 aliphatic heterocycles. The van der Waals surface area contributed by atoms with E-state index in [1.807, 2.05) is 13.0 Å². The van der Waals surface area contributed by atoms with E-state index in [0.717, 1.165) is 48.3 Å². The van der Waals surface area contributed by atoms with Crippen molar-refractivity contribution in [2.24, 2.45) is 0 Å². The molecule has 0 spiro atoms. The fourth-order valence-electron chi connectivity index (χ4n) is 3.31. The van der Waals surface area contributed by atoms with E-state index >= 15 is 0 Å². The molecule has 4 aromatic rings. The van der Waals surface area contributed by atoms with Gasteiger partial charge in [0, 0.05) is 49.1 Å². The van der Waals surface area contributed by atoms with E-state index in [9.17, 15) is 8.78 Å². The zero-order valence-electron chi connectivity index (χ0n) is 18.1. The number of nitrogens with zero attached hydrogens (tertiary/aromatic N) is 3. The average molecular weight is 871 g/mol. The van der Waals surface area contributed by atoms with Crippen molar-refractivity contribution < 1.29 is 31.1 Å². The van der Waals surface area contributed by atoms with Gasteiger partial charge in [0.1, 0.15) is 11.6 Å². The third-order valence-corrected chi connectivity index (χ3v) is 4.95. The molecule has 1 saturated heterocycles. The molecule has 0 atom stereocenters. The van der Waals surface area contributed by atoms with Crippen molar-refractivity contribution in [3.05, 3.63) is 47.3 Å². The fourth-order valence-corrected chi connectivity index (χ4v) is 3.31. The first-order valence-corrected chi connectivity index (χ1v) is 22.1. The maximum absolute atomic E-state index is 14.0. The van der Waals surface area contributed by atoms with Crippen LogP contribution in [0, 0.1) is 25.5 Å². The summed E-state index contributed by atoms with van der Waals surface area (Å²) in [7, 11) is 0. The molecule has 3 heterocycles. The number of halogens is 7. The van der Waals surface area contributed by atoms with Crippen LogP contribution in [0.4, 0.5) is 20.2 Å². The number of nitrogen functional groups attached to an aromatic ring is 1. The van der Waals surface area contributed by atoms with Crippen molar-refractivity contribution in [2.45, 2.75) is 21.3 Å². The first-order valence-electron chi connectivity index (χ1n) is 9.55.